The van der Waals surface area contributed by atoms with Crippen LogP contribution in [-0.2, 0) is 19.1 Å². The standard InChI is InChI=1S/C20H29N3O5/c1-3-10-27-16-7-5-6-15(12-16)22-18(24)14-23-9-8-21-20(26)17(23)13-19(25)28-11-4-2/h5-7,12,17H,3-4,8-11,13-14H2,1-2H3,(H,21,26)(H,22,24). The van der Waals surface area contributed by atoms with Crippen molar-refractivity contribution in [2.45, 2.75) is 39.2 Å². The van der Waals surface area contributed by atoms with Crippen molar-refractivity contribution in [3.05, 3.63) is 24.3 Å². The van der Waals surface area contributed by atoms with Crippen LogP contribution in [0.15, 0.2) is 24.3 Å². The molecule has 0 bridgehead atoms. The van der Waals surface area contributed by atoms with E-state index in [1.54, 1.807) is 17.0 Å². The fraction of sp³-hybridized carbons (Fsp3) is 0.550. The van der Waals surface area contributed by atoms with E-state index in [4.69, 9.17) is 9.47 Å². The molecule has 0 spiro atoms. The Morgan fingerprint density at radius 1 is 1.25 bits per heavy atom. The molecule has 8 nitrogen and oxygen atoms in total. The first-order valence-electron chi connectivity index (χ1n) is 9.73. The number of rotatable bonds is 10. The molecule has 1 unspecified atom stereocenters. The molecule has 0 radical (unpaired) electrons. The largest absolute Gasteiger partial charge is 0.494 e. The maximum atomic E-state index is 12.5. The Kier molecular flexibility index (Phi) is 8.74. The number of anilines is 1. The van der Waals surface area contributed by atoms with E-state index in [0.717, 1.165) is 12.8 Å². The molecule has 1 aromatic carbocycles. The summed E-state index contributed by atoms with van der Waals surface area (Å²) in [4.78, 5) is 38.3. The highest BCUT2D eigenvalue weighted by Gasteiger charge is 2.33. The Labute approximate surface area is 165 Å². The maximum Gasteiger partial charge on any atom is 0.307 e. The van der Waals surface area contributed by atoms with Crippen molar-refractivity contribution in [2.75, 3.05) is 38.2 Å². The highest BCUT2D eigenvalue weighted by molar-refractivity contribution is 5.93. The van der Waals surface area contributed by atoms with Crippen LogP contribution < -0.4 is 15.4 Å². The summed E-state index contributed by atoms with van der Waals surface area (Å²) in [5.74, 6) is -0.264. The average molecular weight is 391 g/mol. The summed E-state index contributed by atoms with van der Waals surface area (Å²) in [6, 6.07) is 6.47. The smallest absolute Gasteiger partial charge is 0.307 e. The molecule has 2 N–H and O–H groups in total. The normalized spacial score (nSPS) is 16.9. The second kappa shape index (κ2) is 11.3. The molecule has 2 rings (SSSR count). The van der Waals surface area contributed by atoms with E-state index in [9.17, 15) is 14.4 Å². The average Bonchev–Trinajstić information content (AvgIpc) is 2.67. The molecule has 1 aliphatic rings. The van der Waals surface area contributed by atoms with Gasteiger partial charge in [-0.1, -0.05) is 19.9 Å². The molecular formula is C20H29N3O5. The summed E-state index contributed by atoms with van der Waals surface area (Å²) in [6.07, 6.45) is 1.55. The maximum absolute atomic E-state index is 12.5. The summed E-state index contributed by atoms with van der Waals surface area (Å²) in [5, 5.41) is 5.56. The van der Waals surface area contributed by atoms with Gasteiger partial charge in [0.1, 0.15) is 11.8 Å². The first kappa shape index (κ1) is 21.7. The van der Waals surface area contributed by atoms with E-state index in [1.807, 2.05) is 26.0 Å². The van der Waals surface area contributed by atoms with Crippen LogP contribution in [0.25, 0.3) is 0 Å². The molecule has 1 atom stereocenters. The van der Waals surface area contributed by atoms with Crippen molar-refractivity contribution in [2.24, 2.45) is 0 Å². The number of carbonyl (C=O) groups excluding carboxylic acids is 3. The van der Waals surface area contributed by atoms with Gasteiger partial charge < -0.3 is 20.1 Å². The van der Waals surface area contributed by atoms with E-state index in [1.165, 1.54) is 0 Å². The molecular weight excluding hydrogens is 362 g/mol. The van der Waals surface area contributed by atoms with Crippen LogP contribution in [0.1, 0.15) is 33.1 Å². The molecule has 0 aliphatic carbocycles. The van der Waals surface area contributed by atoms with Crippen LogP contribution >= 0.6 is 0 Å². The van der Waals surface area contributed by atoms with Gasteiger partial charge in [-0.15, -0.1) is 0 Å². The Bertz CT molecular complexity index is 680. The zero-order valence-corrected chi connectivity index (χ0v) is 16.5. The van der Waals surface area contributed by atoms with Gasteiger partial charge in [-0.3, -0.25) is 19.3 Å². The van der Waals surface area contributed by atoms with Crippen molar-refractivity contribution in [3.8, 4) is 5.75 Å². The van der Waals surface area contributed by atoms with Crippen molar-refractivity contribution in [1.82, 2.24) is 10.2 Å². The van der Waals surface area contributed by atoms with Gasteiger partial charge >= 0.3 is 5.97 Å². The van der Waals surface area contributed by atoms with Gasteiger partial charge in [0, 0.05) is 24.8 Å². The summed E-state index contributed by atoms with van der Waals surface area (Å²) < 4.78 is 10.6. The molecule has 1 saturated heterocycles. The van der Waals surface area contributed by atoms with E-state index in [-0.39, 0.29) is 24.8 Å². The van der Waals surface area contributed by atoms with Gasteiger partial charge in [0.15, 0.2) is 0 Å². The zero-order valence-electron chi connectivity index (χ0n) is 16.5. The summed E-state index contributed by atoms with van der Waals surface area (Å²) >= 11 is 0. The number of benzene rings is 1. The van der Waals surface area contributed by atoms with Gasteiger partial charge in [0.05, 0.1) is 26.2 Å². The summed E-state index contributed by atoms with van der Waals surface area (Å²) in [7, 11) is 0. The van der Waals surface area contributed by atoms with Gasteiger partial charge in [-0.25, -0.2) is 0 Å². The SMILES string of the molecule is CCCOC(=O)CC1C(=O)NCCN1CC(=O)Nc1cccc(OCCC)c1. The van der Waals surface area contributed by atoms with Crippen LogP contribution in [0.4, 0.5) is 5.69 Å². The van der Waals surface area contributed by atoms with Crippen LogP contribution in [0.5, 0.6) is 5.75 Å². The van der Waals surface area contributed by atoms with Gasteiger partial charge in [0.25, 0.3) is 0 Å². The second-order valence-corrected chi connectivity index (χ2v) is 6.63. The lowest BCUT2D eigenvalue weighted by molar-refractivity contribution is -0.148. The molecule has 1 aromatic rings. The lowest BCUT2D eigenvalue weighted by Gasteiger charge is -2.33. The van der Waals surface area contributed by atoms with Crippen molar-refractivity contribution >= 4 is 23.5 Å². The minimum absolute atomic E-state index is 0.0131. The van der Waals surface area contributed by atoms with Crippen LogP contribution in [-0.4, -0.2) is 61.6 Å². The zero-order chi connectivity index (χ0) is 20.4. The Morgan fingerprint density at radius 2 is 2.04 bits per heavy atom. The van der Waals surface area contributed by atoms with E-state index >= 15 is 0 Å². The number of esters is 1. The summed E-state index contributed by atoms with van der Waals surface area (Å²) in [6.45, 7) is 5.80. The second-order valence-electron chi connectivity index (χ2n) is 6.63. The molecule has 154 valence electrons. The number of piperazine rings is 1. The fourth-order valence-electron chi connectivity index (χ4n) is 2.87. The van der Waals surface area contributed by atoms with Crippen molar-refractivity contribution in [1.29, 1.82) is 0 Å². The van der Waals surface area contributed by atoms with E-state index in [0.29, 0.717) is 37.7 Å². The van der Waals surface area contributed by atoms with Crippen molar-refractivity contribution < 1.29 is 23.9 Å². The number of ether oxygens (including phenoxy) is 2. The molecule has 1 heterocycles. The van der Waals surface area contributed by atoms with Crippen LogP contribution in [0.2, 0.25) is 0 Å². The lowest BCUT2D eigenvalue weighted by Crippen LogP contribution is -2.57. The molecule has 8 heteroatoms. The Hall–Kier alpha value is -2.61. The first-order valence-corrected chi connectivity index (χ1v) is 9.73. The lowest BCUT2D eigenvalue weighted by atomic mass is 10.1. The first-order chi connectivity index (χ1) is 13.5. The third-order valence-corrected chi connectivity index (χ3v) is 4.21. The predicted molar refractivity (Wildman–Crippen MR) is 105 cm³/mol. The third-order valence-electron chi connectivity index (χ3n) is 4.21. The van der Waals surface area contributed by atoms with E-state index < -0.39 is 12.0 Å². The molecule has 1 fully saturated rings. The highest BCUT2D eigenvalue weighted by atomic mass is 16.5. The van der Waals surface area contributed by atoms with Crippen LogP contribution in [0, 0.1) is 0 Å². The number of amides is 2. The minimum Gasteiger partial charge on any atom is -0.494 e. The van der Waals surface area contributed by atoms with Gasteiger partial charge in [-0.05, 0) is 25.0 Å². The number of nitrogens with zero attached hydrogens (tertiary/aromatic N) is 1. The number of nitrogens with one attached hydrogen (secondary N) is 2. The monoisotopic (exact) mass is 391 g/mol. The Balaban J connectivity index is 1.94. The minimum atomic E-state index is -0.705. The Morgan fingerprint density at radius 3 is 2.79 bits per heavy atom. The quantitative estimate of drug-likeness (QED) is 0.588. The fourth-order valence-corrected chi connectivity index (χ4v) is 2.87. The van der Waals surface area contributed by atoms with Gasteiger partial charge in [0.2, 0.25) is 11.8 Å². The molecule has 0 saturated carbocycles. The molecule has 0 aromatic heterocycles. The summed E-state index contributed by atoms with van der Waals surface area (Å²) in [5.41, 5.74) is 0.624. The van der Waals surface area contributed by atoms with E-state index in [2.05, 4.69) is 10.6 Å². The number of carbonyl (C=O) groups is 3. The topological polar surface area (TPSA) is 97.0 Å². The molecule has 28 heavy (non-hydrogen) atoms. The van der Waals surface area contributed by atoms with Gasteiger partial charge in [-0.2, -0.15) is 0 Å². The number of hydrogen-bond donors (Lipinski definition) is 2. The molecule has 2 amide bonds. The predicted octanol–water partition coefficient (Wildman–Crippen LogP) is 1.56. The third kappa shape index (κ3) is 6.84. The number of hydrogen-bond acceptors (Lipinski definition) is 6. The molecule has 1 aliphatic heterocycles. The van der Waals surface area contributed by atoms with Crippen molar-refractivity contribution in [3.63, 3.8) is 0 Å². The highest BCUT2D eigenvalue weighted by Crippen LogP contribution is 2.18. The van der Waals surface area contributed by atoms with Crippen LogP contribution in [0.3, 0.4) is 0 Å².